The lowest BCUT2D eigenvalue weighted by molar-refractivity contribution is -0.0367. The smallest absolute Gasteiger partial charge is 0.272 e. The maximum Gasteiger partial charge on any atom is 0.272 e. The predicted molar refractivity (Wildman–Crippen MR) is 324 cm³/mol. The molecule has 11 rings (SSSR count). The SMILES string of the molecule is C[C@@H]1CN(C(=O)c2ccc(/C=C/c3n[nH]c4ccc(O[C@H](C)c5c(Cl)cncc5Cl)cc34)cn2)C[C@H](C)N1.C[C@@H]1CN(C(=O)c2ccc(/C=C/c3nn(C4CCCCO4)c4ccc(O[C@H](C)c5c(Cl)cncc5Cl)cc34)cn2)C[C@H](C)N1. The fraction of sp³-hybridized carbons (Fsp3) is 0.344. The second kappa shape index (κ2) is 26.1. The van der Waals surface area contributed by atoms with Gasteiger partial charge in [-0.25, -0.2) is 4.68 Å². The standard InChI is InChI=1S/C33H36Cl2N6O3.C28H28Cl2N6O2/c1-20-18-40(19-21(2)38-20)33(42)29-11-8-23(15-37-29)7-10-28-25-14-24(44-22(3)32-26(34)16-36-17-27(32)35)9-12-30(25)41(39-28)31-6-4-5-13-43-31;1-16-14-36(15-17(2)33-16)28(37)26-8-5-19(11-32-26)4-7-24-21-10-20(6-9-25(21)35-34-24)38-18(3)27-22(29)12-31-13-23(27)30/h7-12,14-17,20-22,31,38H,4-6,13,18-19H2,1-3H3;4-13,16-18,33H,14-15H2,1-3H3,(H,34,35)/b10-7+;7-4+/t20-,21+,22-,31?;16-,17+,18-/m11/s1. The Bertz CT molecular complexity index is 3570. The van der Waals surface area contributed by atoms with Crippen LogP contribution >= 0.6 is 46.4 Å². The van der Waals surface area contributed by atoms with Gasteiger partial charge in [0.2, 0.25) is 0 Å². The second-order valence-electron chi connectivity index (χ2n) is 21.2. The third kappa shape index (κ3) is 13.7. The second-order valence-corrected chi connectivity index (χ2v) is 22.8. The maximum absolute atomic E-state index is 13.1. The van der Waals surface area contributed by atoms with Gasteiger partial charge in [0, 0.05) is 116 Å². The van der Waals surface area contributed by atoms with Crippen molar-refractivity contribution < 1.29 is 23.8 Å². The number of nitrogens with zero attached hydrogens (tertiary/aromatic N) is 9. The number of pyridine rings is 4. The topological polar surface area (TPSA) is 190 Å². The molecule has 6 aromatic heterocycles. The van der Waals surface area contributed by atoms with E-state index < -0.39 is 6.10 Å². The van der Waals surface area contributed by atoms with E-state index in [4.69, 9.17) is 65.7 Å². The number of ether oxygens (including phenoxy) is 3. The number of hydrogen-bond acceptors (Lipinski definition) is 13. The van der Waals surface area contributed by atoms with E-state index in [1.807, 2.05) is 101 Å². The third-order valence-electron chi connectivity index (χ3n) is 14.5. The number of rotatable bonds is 13. The van der Waals surface area contributed by atoms with E-state index in [-0.39, 0.29) is 48.3 Å². The highest BCUT2D eigenvalue weighted by Gasteiger charge is 2.28. The first-order valence-electron chi connectivity index (χ1n) is 27.5. The van der Waals surface area contributed by atoms with Gasteiger partial charge < -0.3 is 34.6 Å². The van der Waals surface area contributed by atoms with Gasteiger partial charge in [-0.1, -0.05) is 70.7 Å². The Hall–Kier alpha value is -6.96. The first kappa shape index (κ1) is 58.2. The fourth-order valence-electron chi connectivity index (χ4n) is 10.8. The van der Waals surface area contributed by atoms with Crippen LogP contribution in [0.4, 0.5) is 0 Å². The lowest BCUT2D eigenvalue weighted by atomic mass is 10.1. The molecule has 0 aliphatic carbocycles. The van der Waals surface area contributed by atoms with Crippen molar-refractivity contribution in [3.63, 3.8) is 0 Å². The van der Waals surface area contributed by atoms with E-state index in [0.29, 0.717) is 86.9 Å². The van der Waals surface area contributed by atoms with Gasteiger partial charge in [0.1, 0.15) is 35.1 Å². The van der Waals surface area contributed by atoms with Crippen molar-refractivity contribution >= 4 is 104 Å². The number of amides is 2. The van der Waals surface area contributed by atoms with E-state index in [9.17, 15) is 9.59 Å². The van der Waals surface area contributed by atoms with Crippen LogP contribution < -0.4 is 20.1 Å². The lowest BCUT2D eigenvalue weighted by Gasteiger charge is -2.35. The van der Waals surface area contributed by atoms with Gasteiger partial charge in [0.15, 0.2) is 6.23 Å². The summed E-state index contributed by atoms with van der Waals surface area (Å²) in [5.74, 6) is 1.23. The van der Waals surface area contributed by atoms with E-state index in [1.54, 1.807) is 49.3 Å². The molecule has 17 nitrogen and oxygen atoms in total. The van der Waals surface area contributed by atoms with Crippen molar-refractivity contribution in [2.45, 2.75) is 103 Å². The molecule has 21 heteroatoms. The van der Waals surface area contributed by atoms with Crippen LogP contribution in [0.2, 0.25) is 20.1 Å². The normalized spacial score (nSPS) is 20.2. The monoisotopic (exact) mass is 1180 g/mol. The molecule has 2 amide bonds. The number of piperazine rings is 2. The summed E-state index contributed by atoms with van der Waals surface area (Å²) in [5, 5.41) is 23.0. The third-order valence-corrected chi connectivity index (χ3v) is 15.7. The molecule has 82 heavy (non-hydrogen) atoms. The molecule has 2 aromatic carbocycles. The number of carbonyl (C=O) groups excluding carboxylic acids is 2. The average molecular weight is 1190 g/mol. The van der Waals surface area contributed by atoms with Crippen LogP contribution in [0.15, 0.2) is 97.8 Å². The number of fused-ring (bicyclic) bond motifs is 2. The summed E-state index contributed by atoms with van der Waals surface area (Å²) < 4.78 is 20.5. The Labute approximate surface area is 496 Å². The van der Waals surface area contributed by atoms with Gasteiger partial charge >= 0.3 is 0 Å². The Morgan fingerprint density at radius 3 is 1.57 bits per heavy atom. The summed E-state index contributed by atoms with van der Waals surface area (Å²) >= 11 is 25.4. The molecular weight excluding hydrogens is 1120 g/mol. The summed E-state index contributed by atoms with van der Waals surface area (Å²) in [6, 6.07) is 20.0. The number of nitrogens with one attached hydrogen (secondary N) is 3. The van der Waals surface area contributed by atoms with E-state index in [0.717, 1.165) is 63.6 Å². The molecule has 3 aliphatic heterocycles. The van der Waals surface area contributed by atoms with E-state index >= 15 is 0 Å². The van der Waals surface area contributed by atoms with Crippen LogP contribution in [-0.4, -0.2) is 118 Å². The summed E-state index contributed by atoms with van der Waals surface area (Å²) in [4.78, 5) is 46.7. The van der Waals surface area contributed by atoms with Gasteiger partial charge in [0.25, 0.3) is 11.8 Å². The molecule has 0 spiro atoms. The van der Waals surface area contributed by atoms with Crippen molar-refractivity contribution in [2.75, 3.05) is 32.8 Å². The van der Waals surface area contributed by atoms with Crippen molar-refractivity contribution in [1.82, 2.24) is 60.3 Å². The maximum atomic E-state index is 13.1. The number of carbonyl (C=O) groups is 2. The number of aromatic amines is 1. The first-order valence-corrected chi connectivity index (χ1v) is 29.0. The summed E-state index contributed by atoms with van der Waals surface area (Å²) in [6.45, 7) is 15.5. The molecule has 8 aromatic rings. The predicted octanol–water partition coefficient (Wildman–Crippen LogP) is 12.8. The van der Waals surface area contributed by atoms with Crippen LogP contribution in [0.5, 0.6) is 11.5 Å². The van der Waals surface area contributed by atoms with Crippen LogP contribution in [0.1, 0.15) is 134 Å². The number of aromatic nitrogens is 8. The number of halogens is 4. The summed E-state index contributed by atoms with van der Waals surface area (Å²) in [6.07, 6.45) is 19.5. The van der Waals surface area contributed by atoms with Crippen LogP contribution in [0.25, 0.3) is 46.1 Å². The zero-order chi connectivity index (χ0) is 57.6. The molecule has 0 bridgehead atoms. The molecule has 3 saturated heterocycles. The largest absolute Gasteiger partial charge is 0.486 e. The van der Waals surface area contributed by atoms with Gasteiger partial charge in [-0.3, -0.25) is 34.6 Å². The minimum absolute atomic E-state index is 0.0462. The number of H-pyrrole nitrogens is 1. The Balaban J connectivity index is 0.000000186. The van der Waals surface area contributed by atoms with Crippen molar-refractivity contribution in [2.24, 2.45) is 0 Å². The van der Waals surface area contributed by atoms with Gasteiger partial charge in [-0.05, 0) is 133 Å². The summed E-state index contributed by atoms with van der Waals surface area (Å²) in [7, 11) is 0. The first-order chi connectivity index (χ1) is 39.5. The highest BCUT2D eigenvalue weighted by Crippen LogP contribution is 2.37. The molecule has 9 heterocycles. The van der Waals surface area contributed by atoms with Crippen LogP contribution in [-0.2, 0) is 4.74 Å². The molecule has 3 fully saturated rings. The van der Waals surface area contributed by atoms with E-state index in [1.165, 1.54) is 0 Å². The van der Waals surface area contributed by atoms with Crippen molar-refractivity contribution in [1.29, 1.82) is 0 Å². The molecular formula is C61H64Cl4N12O5. The van der Waals surface area contributed by atoms with Gasteiger partial charge in [0.05, 0.1) is 42.5 Å². The minimum Gasteiger partial charge on any atom is -0.486 e. The fourth-order valence-corrected chi connectivity index (χ4v) is 12.1. The zero-order valence-electron chi connectivity index (χ0n) is 46.3. The van der Waals surface area contributed by atoms with Gasteiger partial charge in [-0.15, -0.1) is 0 Å². The highest BCUT2D eigenvalue weighted by molar-refractivity contribution is 6.36. The van der Waals surface area contributed by atoms with Crippen molar-refractivity contribution in [3.8, 4) is 11.5 Å². The van der Waals surface area contributed by atoms with Crippen molar-refractivity contribution in [3.05, 3.63) is 163 Å². The van der Waals surface area contributed by atoms with Gasteiger partial charge in [-0.2, -0.15) is 10.2 Å². The van der Waals surface area contributed by atoms with Crippen LogP contribution in [0.3, 0.4) is 0 Å². The summed E-state index contributed by atoms with van der Waals surface area (Å²) in [5.41, 5.74) is 7.34. The Kier molecular flexibility index (Phi) is 18.5. The molecule has 0 radical (unpaired) electrons. The highest BCUT2D eigenvalue weighted by atomic mass is 35.5. The molecule has 3 N–H and O–H groups in total. The van der Waals surface area contributed by atoms with E-state index in [2.05, 4.69) is 68.5 Å². The number of benzene rings is 2. The molecule has 426 valence electrons. The number of hydrogen-bond donors (Lipinski definition) is 3. The molecule has 1 unspecified atom stereocenters. The zero-order valence-corrected chi connectivity index (χ0v) is 49.3. The molecule has 7 atom stereocenters. The Morgan fingerprint density at radius 1 is 0.610 bits per heavy atom. The molecule has 3 aliphatic rings. The lowest BCUT2D eigenvalue weighted by Crippen LogP contribution is -2.55. The Morgan fingerprint density at radius 2 is 1.10 bits per heavy atom. The molecule has 0 saturated carbocycles. The van der Waals surface area contributed by atoms with Crippen LogP contribution in [0, 0.1) is 0 Å². The minimum atomic E-state index is -0.397. The quantitative estimate of drug-likeness (QED) is 0.0989. The average Bonchev–Trinajstić information content (AvgIpc) is 4.28.